The van der Waals surface area contributed by atoms with E-state index in [-0.39, 0.29) is 5.91 Å². The van der Waals surface area contributed by atoms with E-state index in [1.807, 2.05) is 0 Å². The van der Waals surface area contributed by atoms with Gasteiger partial charge >= 0.3 is 0 Å². The standard InChI is InChI=1S/C11H22N2O/c1-3-13(4-2)9-8-12-11(14)10-6-5-7-10/h10H,3-9H2,1-2H3,(H,12,14). The molecule has 1 N–H and O–H groups in total. The molecule has 1 aliphatic rings. The molecule has 1 rings (SSSR count). The van der Waals surface area contributed by atoms with E-state index < -0.39 is 0 Å². The molecule has 0 aromatic rings. The molecule has 1 aliphatic carbocycles. The molecule has 0 aromatic heterocycles. The average Bonchev–Trinajstić information content (AvgIpc) is 2.09. The van der Waals surface area contributed by atoms with Crippen LogP contribution in [-0.2, 0) is 4.79 Å². The van der Waals surface area contributed by atoms with Crippen molar-refractivity contribution in [3.8, 4) is 0 Å². The largest absolute Gasteiger partial charge is 0.355 e. The van der Waals surface area contributed by atoms with Gasteiger partial charge in [-0.1, -0.05) is 20.3 Å². The van der Waals surface area contributed by atoms with Gasteiger partial charge in [0.25, 0.3) is 0 Å². The van der Waals surface area contributed by atoms with Crippen molar-refractivity contribution in [2.75, 3.05) is 26.2 Å². The lowest BCUT2D eigenvalue weighted by Gasteiger charge is -2.25. The molecule has 3 heteroatoms. The molecule has 0 radical (unpaired) electrons. The highest BCUT2D eigenvalue weighted by molar-refractivity contribution is 5.79. The minimum atomic E-state index is 0.267. The highest BCUT2D eigenvalue weighted by Gasteiger charge is 2.24. The summed E-state index contributed by atoms with van der Waals surface area (Å²) in [6.07, 6.45) is 3.42. The normalized spacial score (nSPS) is 16.8. The zero-order chi connectivity index (χ0) is 10.4. The van der Waals surface area contributed by atoms with Crippen LogP contribution in [0.15, 0.2) is 0 Å². The maximum atomic E-state index is 11.5. The summed E-state index contributed by atoms with van der Waals surface area (Å²) in [6, 6.07) is 0. The molecule has 0 heterocycles. The number of hydrogen-bond acceptors (Lipinski definition) is 2. The SMILES string of the molecule is CCN(CC)CCNC(=O)C1CCC1. The minimum absolute atomic E-state index is 0.267. The molecule has 1 saturated carbocycles. The highest BCUT2D eigenvalue weighted by Crippen LogP contribution is 2.25. The number of hydrogen-bond donors (Lipinski definition) is 1. The number of likely N-dealkylation sites (N-methyl/N-ethyl adjacent to an activating group) is 1. The Morgan fingerprint density at radius 1 is 1.36 bits per heavy atom. The van der Waals surface area contributed by atoms with Crippen LogP contribution < -0.4 is 5.32 Å². The minimum Gasteiger partial charge on any atom is -0.355 e. The summed E-state index contributed by atoms with van der Waals surface area (Å²) in [5.41, 5.74) is 0. The molecule has 0 atom stereocenters. The van der Waals surface area contributed by atoms with Crippen molar-refractivity contribution in [2.45, 2.75) is 33.1 Å². The molecule has 82 valence electrons. The topological polar surface area (TPSA) is 32.3 Å². The number of nitrogens with zero attached hydrogens (tertiary/aromatic N) is 1. The molecule has 0 spiro atoms. The van der Waals surface area contributed by atoms with Gasteiger partial charge in [0.1, 0.15) is 0 Å². The van der Waals surface area contributed by atoms with Gasteiger partial charge < -0.3 is 10.2 Å². The van der Waals surface area contributed by atoms with E-state index in [9.17, 15) is 4.79 Å². The van der Waals surface area contributed by atoms with Crippen molar-refractivity contribution in [1.29, 1.82) is 0 Å². The number of amides is 1. The second-order valence-corrected chi connectivity index (χ2v) is 3.95. The second kappa shape index (κ2) is 6.02. The van der Waals surface area contributed by atoms with Crippen molar-refractivity contribution in [3.63, 3.8) is 0 Å². The summed E-state index contributed by atoms with van der Waals surface area (Å²) >= 11 is 0. The van der Waals surface area contributed by atoms with Gasteiger partial charge in [0.2, 0.25) is 5.91 Å². The van der Waals surface area contributed by atoms with Gasteiger partial charge in [-0.05, 0) is 25.9 Å². The van der Waals surface area contributed by atoms with E-state index in [1.165, 1.54) is 6.42 Å². The van der Waals surface area contributed by atoms with Crippen LogP contribution in [0.25, 0.3) is 0 Å². The van der Waals surface area contributed by atoms with Crippen LogP contribution in [0.5, 0.6) is 0 Å². The third kappa shape index (κ3) is 3.29. The fraction of sp³-hybridized carbons (Fsp3) is 0.909. The lowest BCUT2D eigenvalue weighted by Crippen LogP contribution is -2.39. The predicted molar refractivity (Wildman–Crippen MR) is 58.1 cm³/mol. The monoisotopic (exact) mass is 198 g/mol. The zero-order valence-electron chi connectivity index (χ0n) is 9.38. The Morgan fingerprint density at radius 2 is 2.00 bits per heavy atom. The predicted octanol–water partition coefficient (Wildman–Crippen LogP) is 1.24. The summed E-state index contributed by atoms with van der Waals surface area (Å²) in [7, 11) is 0. The van der Waals surface area contributed by atoms with Crippen LogP contribution in [0.4, 0.5) is 0 Å². The Hall–Kier alpha value is -0.570. The fourth-order valence-electron chi connectivity index (χ4n) is 1.69. The smallest absolute Gasteiger partial charge is 0.223 e. The Kier molecular flexibility index (Phi) is 4.94. The van der Waals surface area contributed by atoms with Gasteiger partial charge in [0, 0.05) is 19.0 Å². The molecule has 0 aromatic carbocycles. The highest BCUT2D eigenvalue weighted by atomic mass is 16.1. The van der Waals surface area contributed by atoms with Crippen molar-refractivity contribution in [3.05, 3.63) is 0 Å². The number of nitrogens with one attached hydrogen (secondary N) is 1. The Labute approximate surface area is 86.9 Å². The fourth-order valence-corrected chi connectivity index (χ4v) is 1.69. The molecule has 1 amide bonds. The summed E-state index contributed by atoms with van der Waals surface area (Å²) in [6.45, 7) is 8.21. The van der Waals surface area contributed by atoms with Gasteiger partial charge in [-0.25, -0.2) is 0 Å². The maximum Gasteiger partial charge on any atom is 0.223 e. The Morgan fingerprint density at radius 3 is 2.43 bits per heavy atom. The average molecular weight is 198 g/mol. The quantitative estimate of drug-likeness (QED) is 0.696. The van der Waals surface area contributed by atoms with E-state index in [0.717, 1.165) is 39.0 Å². The van der Waals surface area contributed by atoms with E-state index in [0.29, 0.717) is 5.92 Å². The van der Waals surface area contributed by atoms with Crippen LogP contribution in [0.2, 0.25) is 0 Å². The number of carbonyl (C=O) groups excluding carboxylic acids is 1. The first kappa shape index (κ1) is 11.5. The second-order valence-electron chi connectivity index (χ2n) is 3.95. The lowest BCUT2D eigenvalue weighted by atomic mass is 9.85. The van der Waals surface area contributed by atoms with Crippen LogP contribution in [0.3, 0.4) is 0 Å². The molecule has 1 fully saturated rings. The Bertz CT molecular complexity index is 174. The molecule has 3 nitrogen and oxygen atoms in total. The first-order valence-electron chi connectivity index (χ1n) is 5.78. The molecular formula is C11H22N2O. The van der Waals surface area contributed by atoms with Gasteiger partial charge in [-0.3, -0.25) is 4.79 Å². The van der Waals surface area contributed by atoms with Gasteiger partial charge in [-0.2, -0.15) is 0 Å². The number of rotatable bonds is 6. The van der Waals surface area contributed by atoms with E-state index >= 15 is 0 Å². The molecule has 0 saturated heterocycles. The van der Waals surface area contributed by atoms with Gasteiger partial charge in [0.15, 0.2) is 0 Å². The molecule has 0 aliphatic heterocycles. The third-order valence-electron chi connectivity index (χ3n) is 3.10. The molecule has 0 unspecified atom stereocenters. The lowest BCUT2D eigenvalue weighted by molar-refractivity contribution is -0.127. The summed E-state index contributed by atoms with van der Waals surface area (Å²) in [5.74, 6) is 0.593. The van der Waals surface area contributed by atoms with Gasteiger partial charge in [-0.15, -0.1) is 0 Å². The van der Waals surface area contributed by atoms with Crippen molar-refractivity contribution < 1.29 is 4.79 Å². The zero-order valence-corrected chi connectivity index (χ0v) is 9.38. The van der Waals surface area contributed by atoms with Crippen LogP contribution in [-0.4, -0.2) is 37.0 Å². The summed E-state index contributed by atoms with van der Waals surface area (Å²) < 4.78 is 0. The molecular weight excluding hydrogens is 176 g/mol. The van der Waals surface area contributed by atoms with E-state index in [2.05, 4.69) is 24.1 Å². The summed E-state index contributed by atoms with van der Waals surface area (Å²) in [5, 5.41) is 3.00. The first-order valence-corrected chi connectivity index (χ1v) is 5.78. The van der Waals surface area contributed by atoms with Crippen molar-refractivity contribution >= 4 is 5.91 Å². The third-order valence-corrected chi connectivity index (χ3v) is 3.10. The molecule has 0 bridgehead atoms. The maximum absolute atomic E-state index is 11.5. The molecule has 14 heavy (non-hydrogen) atoms. The first-order chi connectivity index (χ1) is 6.77. The van der Waals surface area contributed by atoms with Crippen LogP contribution in [0, 0.1) is 5.92 Å². The van der Waals surface area contributed by atoms with Crippen molar-refractivity contribution in [2.24, 2.45) is 5.92 Å². The summed E-state index contributed by atoms with van der Waals surface area (Å²) in [4.78, 5) is 13.8. The Balaban J connectivity index is 2.04. The van der Waals surface area contributed by atoms with Crippen LogP contribution in [0.1, 0.15) is 33.1 Å². The number of carbonyl (C=O) groups is 1. The van der Waals surface area contributed by atoms with Crippen molar-refractivity contribution in [1.82, 2.24) is 10.2 Å². The van der Waals surface area contributed by atoms with E-state index in [4.69, 9.17) is 0 Å². The van der Waals surface area contributed by atoms with Crippen LogP contribution >= 0.6 is 0 Å². The van der Waals surface area contributed by atoms with Gasteiger partial charge in [0.05, 0.1) is 0 Å². The van der Waals surface area contributed by atoms with E-state index in [1.54, 1.807) is 0 Å².